The summed E-state index contributed by atoms with van der Waals surface area (Å²) < 4.78 is 36.1. The number of allylic oxidation sites excluding steroid dienone is 6. The molecular weight excluding hydrogens is 389 g/mol. The van der Waals surface area contributed by atoms with Crippen LogP contribution in [0, 0.1) is 0 Å². The maximum atomic E-state index is 12.0. The molecule has 3 atom stereocenters. The number of hydrogen-bond acceptors (Lipinski definition) is 4. The van der Waals surface area contributed by atoms with E-state index < -0.39 is 36.4 Å². The first-order chi connectivity index (χ1) is 13.4. The van der Waals surface area contributed by atoms with Gasteiger partial charge in [0.2, 0.25) is 0 Å². The van der Waals surface area contributed by atoms with Crippen LogP contribution in [0.2, 0.25) is 0 Å². The molecule has 0 radical (unpaired) electrons. The lowest BCUT2D eigenvalue weighted by Gasteiger charge is -2.17. The third kappa shape index (κ3) is 17.9. The van der Waals surface area contributed by atoms with Crippen LogP contribution in [-0.2, 0) is 4.79 Å². The SMILES string of the molecule is C[C@@](O)(/C=C/C=C\C=C\C=C\[C@H](O)[C@H](O)CCCCC(F)(F)F)CCCC(=O)O. The molecule has 0 spiro atoms. The number of rotatable bonds is 14. The summed E-state index contributed by atoms with van der Waals surface area (Å²) >= 11 is 0. The van der Waals surface area contributed by atoms with E-state index in [4.69, 9.17) is 5.11 Å². The Labute approximate surface area is 169 Å². The van der Waals surface area contributed by atoms with Gasteiger partial charge in [-0.25, -0.2) is 0 Å². The second-order valence-corrected chi connectivity index (χ2v) is 7.04. The summed E-state index contributed by atoms with van der Waals surface area (Å²) in [6, 6.07) is 0. The number of hydrogen-bond donors (Lipinski definition) is 4. The molecule has 0 aromatic carbocycles. The third-order valence-electron chi connectivity index (χ3n) is 4.00. The van der Waals surface area contributed by atoms with Gasteiger partial charge in [-0.05, 0) is 32.6 Å². The van der Waals surface area contributed by atoms with E-state index >= 15 is 0 Å². The molecule has 0 unspecified atom stereocenters. The molecular formula is C21H31F3O5. The van der Waals surface area contributed by atoms with E-state index in [9.17, 15) is 33.3 Å². The number of aliphatic hydroxyl groups is 3. The summed E-state index contributed by atoms with van der Waals surface area (Å²) in [5.41, 5.74) is -1.09. The smallest absolute Gasteiger partial charge is 0.389 e. The van der Waals surface area contributed by atoms with Crippen molar-refractivity contribution in [1.82, 2.24) is 0 Å². The molecule has 166 valence electrons. The highest BCUT2D eigenvalue weighted by Crippen LogP contribution is 2.23. The zero-order valence-corrected chi connectivity index (χ0v) is 16.6. The molecule has 0 aliphatic rings. The molecule has 4 N–H and O–H groups in total. The van der Waals surface area contributed by atoms with Crippen LogP contribution in [0.5, 0.6) is 0 Å². The van der Waals surface area contributed by atoms with Crippen molar-refractivity contribution in [2.75, 3.05) is 0 Å². The van der Waals surface area contributed by atoms with Crippen LogP contribution >= 0.6 is 0 Å². The zero-order chi connectivity index (χ0) is 22.3. The molecule has 0 aliphatic carbocycles. The Bertz CT molecular complexity index is 577. The van der Waals surface area contributed by atoms with Crippen molar-refractivity contribution in [1.29, 1.82) is 0 Å². The molecule has 0 rings (SSSR count). The maximum absolute atomic E-state index is 12.0. The molecule has 0 aromatic heterocycles. The van der Waals surface area contributed by atoms with Crippen molar-refractivity contribution >= 4 is 5.97 Å². The highest BCUT2D eigenvalue weighted by Gasteiger charge is 2.26. The quantitative estimate of drug-likeness (QED) is 0.251. The summed E-state index contributed by atoms with van der Waals surface area (Å²) in [4.78, 5) is 10.5. The number of aliphatic hydroxyl groups excluding tert-OH is 2. The summed E-state index contributed by atoms with van der Waals surface area (Å²) in [5.74, 6) is -0.901. The van der Waals surface area contributed by atoms with E-state index in [1.165, 1.54) is 12.2 Å². The van der Waals surface area contributed by atoms with Gasteiger partial charge in [0.25, 0.3) is 0 Å². The topological polar surface area (TPSA) is 98.0 Å². The van der Waals surface area contributed by atoms with Gasteiger partial charge in [-0.2, -0.15) is 13.2 Å². The number of aliphatic carboxylic acids is 1. The van der Waals surface area contributed by atoms with Gasteiger partial charge in [0.15, 0.2) is 0 Å². The lowest BCUT2D eigenvalue weighted by Crippen LogP contribution is -2.23. The van der Waals surface area contributed by atoms with Crippen LogP contribution < -0.4 is 0 Å². The highest BCUT2D eigenvalue weighted by atomic mass is 19.4. The van der Waals surface area contributed by atoms with Crippen molar-refractivity contribution in [3.63, 3.8) is 0 Å². The molecule has 29 heavy (non-hydrogen) atoms. The summed E-state index contributed by atoms with van der Waals surface area (Å²) in [6.45, 7) is 1.59. The number of alkyl halides is 3. The second kappa shape index (κ2) is 14.1. The minimum atomic E-state index is -4.20. The normalized spacial score (nSPS) is 17.5. The number of unbranched alkanes of at least 4 members (excludes halogenated alkanes) is 1. The van der Waals surface area contributed by atoms with Gasteiger partial charge in [-0.3, -0.25) is 4.79 Å². The Hall–Kier alpha value is -1.90. The van der Waals surface area contributed by atoms with Gasteiger partial charge < -0.3 is 20.4 Å². The van der Waals surface area contributed by atoms with Crippen LogP contribution in [0.3, 0.4) is 0 Å². The third-order valence-corrected chi connectivity index (χ3v) is 4.00. The molecule has 0 heterocycles. The van der Waals surface area contributed by atoms with Gasteiger partial charge in [0, 0.05) is 12.8 Å². The fraction of sp³-hybridized carbons (Fsp3) is 0.571. The Morgan fingerprint density at radius 3 is 2.10 bits per heavy atom. The second-order valence-electron chi connectivity index (χ2n) is 7.04. The first-order valence-electron chi connectivity index (χ1n) is 9.49. The average Bonchev–Trinajstić information content (AvgIpc) is 2.59. The minimum absolute atomic E-state index is 0.00298. The van der Waals surface area contributed by atoms with Gasteiger partial charge >= 0.3 is 12.1 Å². The largest absolute Gasteiger partial charge is 0.481 e. The van der Waals surface area contributed by atoms with Gasteiger partial charge in [-0.1, -0.05) is 55.0 Å². The Morgan fingerprint density at radius 1 is 0.931 bits per heavy atom. The highest BCUT2D eigenvalue weighted by molar-refractivity contribution is 5.66. The van der Waals surface area contributed by atoms with E-state index in [0.717, 1.165) is 0 Å². The van der Waals surface area contributed by atoms with Gasteiger partial charge in [-0.15, -0.1) is 0 Å². The van der Waals surface area contributed by atoms with Crippen LogP contribution in [0.1, 0.15) is 51.9 Å². The van der Waals surface area contributed by atoms with Crippen LogP contribution in [-0.4, -0.2) is 50.4 Å². The first kappa shape index (κ1) is 27.1. The molecule has 0 aromatic rings. The number of halogens is 3. The molecule has 8 heteroatoms. The lowest BCUT2D eigenvalue weighted by molar-refractivity contribution is -0.137. The fourth-order valence-electron chi connectivity index (χ4n) is 2.36. The van der Waals surface area contributed by atoms with Crippen molar-refractivity contribution in [2.45, 2.75) is 75.9 Å². The van der Waals surface area contributed by atoms with Crippen molar-refractivity contribution in [3.05, 3.63) is 48.6 Å². The standard InChI is InChI=1S/C21H31F3O5/c1-20(29,15-10-13-19(27)28)14-8-5-3-2-4-6-11-17(25)18(26)12-7-9-16-21(22,23)24/h2-6,8,11,14,17-18,25-26,29H,7,9-10,12-13,15-16H2,1H3,(H,27,28)/b4-2+,5-3-,11-6+,14-8+/t17-,18+,20+/m0/s1. The van der Waals surface area contributed by atoms with E-state index in [2.05, 4.69) is 0 Å². The fourth-order valence-corrected chi connectivity index (χ4v) is 2.36. The van der Waals surface area contributed by atoms with Crippen LogP contribution in [0.25, 0.3) is 0 Å². The van der Waals surface area contributed by atoms with Crippen molar-refractivity contribution in [3.8, 4) is 0 Å². The van der Waals surface area contributed by atoms with E-state index in [0.29, 0.717) is 12.8 Å². The number of carboxylic acids is 1. The molecule has 0 fully saturated rings. The van der Waals surface area contributed by atoms with E-state index in [1.807, 2.05) is 0 Å². The van der Waals surface area contributed by atoms with E-state index in [1.54, 1.807) is 43.4 Å². The Balaban J connectivity index is 4.14. The molecule has 0 bridgehead atoms. The summed E-state index contributed by atoms with van der Waals surface area (Å²) in [7, 11) is 0. The predicted octanol–water partition coefficient (Wildman–Crippen LogP) is 4.06. The molecule has 0 aliphatic heterocycles. The lowest BCUT2D eigenvalue weighted by atomic mass is 9.98. The molecule has 0 saturated heterocycles. The van der Waals surface area contributed by atoms with Gasteiger partial charge in [0.1, 0.15) is 0 Å². The molecule has 0 amide bonds. The Morgan fingerprint density at radius 2 is 1.52 bits per heavy atom. The monoisotopic (exact) mass is 420 g/mol. The molecule has 0 saturated carbocycles. The van der Waals surface area contributed by atoms with E-state index in [-0.39, 0.29) is 25.7 Å². The van der Waals surface area contributed by atoms with Crippen LogP contribution in [0.4, 0.5) is 13.2 Å². The maximum Gasteiger partial charge on any atom is 0.389 e. The predicted molar refractivity (Wildman–Crippen MR) is 105 cm³/mol. The van der Waals surface area contributed by atoms with Crippen LogP contribution in [0.15, 0.2) is 48.6 Å². The molecule has 5 nitrogen and oxygen atoms in total. The van der Waals surface area contributed by atoms with Crippen molar-refractivity contribution in [2.24, 2.45) is 0 Å². The minimum Gasteiger partial charge on any atom is -0.481 e. The zero-order valence-electron chi connectivity index (χ0n) is 16.6. The number of carbonyl (C=O) groups is 1. The summed E-state index contributed by atoms with van der Waals surface area (Å²) in [5, 5.41) is 38.1. The Kier molecular flexibility index (Phi) is 13.2. The summed E-state index contributed by atoms with van der Waals surface area (Å²) in [6.07, 6.45) is 6.18. The van der Waals surface area contributed by atoms with Crippen molar-refractivity contribution < 1.29 is 38.4 Å². The first-order valence-corrected chi connectivity index (χ1v) is 9.49. The van der Waals surface area contributed by atoms with Gasteiger partial charge in [0.05, 0.1) is 17.8 Å². The number of carboxylic acid groups (broad SMARTS) is 1. The average molecular weight is 420 g/mol.